The number of carbonyl (C=O) groups excluding carboxylic acids is 1. The molecule has 0 bridgehead atoms. The number of para-hydroxylation sites is 1. The van der Waals surface area contributed by atoms with Gasteiger partial charge >= 0.3 is 0 Å². The highest BCUT2D eigenvalue weighted by atomic mass is 16.5. The fourth-order valence-electron chi connectivity index (χ4n) is 3.71. The van der Waals surface area contributed by atoms with Gasteiger partial charge in [-0.3, -0.25) is 19.7 Å². The van der Waals surface area contributed by atoms with Crippen LogP contribution in [0.5, 0.6) is 5.75 Å². The molecule has 1 amide bonds. The zero-order valence-corrected chi connectivity index (χ0v) is 16.9. The lowest BCUT2D eigenvalue weighted by Crippen LogP contribution is -2.27. The number of carbonyl (C=O) groups is 1. The highest BCUT2D eigenvalue weighted by Gasteiger charge is 2.18. The van der Waals surface area contributed by atoms with Crippen molar-refractivity contribution >= 4 is 27.7 Å². The van der Waals surface area contributed by atoms with Crippen LogP contribution in [0, 0.1) is 0 Å². The van der Waals surface area contributed by atoms with Gasteiger partial charge in [-0.1, -0.05) is 26.0 Å². The van der Waals surface area contributed by atoms with E-state index in [4.69, 9.17) is 4.74 Å². The van der Waals surface area contributed by atoms with E-state index in [1.54, 1.807) is 17.9 Å². The predicted octanol–water partition coefficient (Wildman–Crippen LogP) is 3.14. The van der Waals surface area contributed by atoms with Crippen molar-refractivity contribution in [1.82, 2.24) is 9.58 Å². The molecule has 0 saturated carbocycles. The van der Waals surface area contributed by atoms with Gasteiger partial charge in [0.2, 0.25) is 5.91 Å². The van der Waals surface area contributed by atoms with E-state index in [9.17, 15) is 9.59 Å². The molecule has 3 aromatic rings. The molecule has 0 aliphatic carbocycles. The maximum atomic E-state index is 13.4. The second-order valence-electron chi connectivity index (χ2n) is 6.77. The maximum absolute atomic E-state index is 13.4. The van der Waals surface area contributed by atoms with E-state index in [1.165, 1.54) is 6.92 Å². The molecule has 148 valence electrons. The minimum Gasteiger partial charge on any atom is -0.496 e. The Morgan fingerprint density at radius 2 is 1.82 bits per heavy atom. The number of methoxy groups -OCH3 is 1. The topological polar surface area (TPSA) is 63.6 Å². The average molecular weight is 381 g/mol. The van der Waals surface area contributed by atoms with Crippen molar-refractivity contribution in [3.63, 3.8) is 0 Å². The largest absolute Gasteiger partial charge is 0.496 e. The molecule has 1 N–H and O–H groups in total. The van der Waals surface area contributed by atoms with Crippen LogP contribution in [0.15, 0.2) is 41.2 Å². The molecule has 1 heterocycles. The minimum atomic E-state index is -0.199. The van der Waals surface area contributed by atoms with Crippen LogP contribution in [0.1, 0.15) is 26.3 Å². The van der Waals surface area contributed by atoms with Crippen molar-refractivity contribution in [2.24, 2.45) is 0 Å². The van der Waals surface area contributed by atoms with E-state index in [0.717, 1.165) is 25.2 Å². The SMILES string of the molecule is CCN(CC)CCc1c(OC)ccc2c1c(=O)c1ccccc1n2NC(C)=O. The van der Waals surface area contributed by atoms with E-state index < -0.39 is 0 Å². The number of fused-ring (bicyclic) bond motifs is 2. The van der Waals surface area contributed by atoms with Crippen molar-refractivity contribution in [1.29, 1.82) is 0 Å². The quantitative estimate of drug-likeness (QED) is 0.639. The fourth-order valence-corrected chi connectivity index (χ4v) is 3.71. The lowest BCUT2D eigenvalue weighted by molar-refractivity contribution is -0.115. The van der Waals surface area contributed by atoms with Gasteiger partial charge in [0.25, 0.3) is 0 Å². The Morgan fingerprint density at radius 1 is 1.11 bits per heavy atom. The number of hydrogen-bond acceptors (Lipinski definition) is 4. The number of nitrogens with one attached hydrogen (secondary N) is 1. The van der Waals surface area contributed by atoms with Crippen LogP contribution in [0.25, 0.3) is 21.8 Å². The lowest BCUT2D eigenvalue weighted by atomic mass is 10.0. The lowest BCUT2D eigenvalue weighted by Gasteiger charge is -2.21. The standard InChI is InChI=1S/C22H27N3O3/c1-5-24(6-2)14-13-17-20(28-4)12-11-19-21(17)22(27)16-9-7-8-10-18(16)25(19)23-15(3)26/h7-12H,5-6,13-14H2,1-4H3,(H,23,26). The van der Waals surface area contributed by atoms with E-state index in [-0.39, 0.29) is 11.3 Å². The Balaban J connectivity index is 2.34. The molecule has 0 spiro atoms. The number of hydrogen-bond donors (Lipinski definition) is 1. The van der Waals surface area contributed by atoms with Gasteiger partial charge in [0.1, 0.15) is 5.75 Å². The van der Waals surface area contributed by atoms with Gasteiger partial charge in [0.15, 0.2) is 5.43 Å². The number of nitrogens with zero attached hydrogens (tertiary/aromatic N) is 2. The number of benzene rings is 2. The van der Waals surface area contributed by atoms with Gasteiger partial charge in [-0.15, -0.1) is 0 Å². The van der Waals surface area contributed by atoms with Gasteiger partial charge in [-0.25, -0.2) is 0 Å². The monoisotopic (exact) mass is 381 g/mol. The van der Waals surface area contributed by atoms with E-state index in [2.05, 4.69) is 24.2 Å². The van der Waals surface area contributed by atoms with Gasteiger partial charge in [-0.2, -0.15) is 0 Å². The molecule has 1 aromatic heterocycles. The first-order valence-corrected chi connectivity index (χ1v) is 9.65. The Labute approximate surface area is 164 Å². The Morgan fingerprint density at radius 3 is 2.46 bits per heavy atom. The molecule has 6 nitrogen and oxygen atoms in total. The summed E-state index contributed by atoms with van der Waals surface area (Å²) < 4.78 is 7.29. The van der Waals surface area contributed by atoms with Crippen molar-refractivity contribution in [3.05, 3.63) is 52.2 Å². The zero-order chi connectivity index (χ0) is 20.3. The van der Waals surface area contributed by atoms with E-state index in [1.807, 2.05) is 30.3 Å². The maximum Gasteiger partial charge on any atom is 0.235 e. The number of amides is 1. The molecule has 6 heteroatoms. The number of likely N-dealkylation sites (N-methyl/N-ethyl adjacent to an activating group) is 1. The minimum absolute atomic E-state index is 0.0411. The van der Waals surface area contributed by atoms with Gasteiger partial charge in [-0.05, 0) is 43.8 Å². The molecule has 0 radical (unpaired) electrons. The third-order valence-corrected chi connectivity index (χ3v) is 5.17. The molecular weight excluding hydrogens is 354 g/mol. The summed E-state index contributed by atoms with van der Waals surface area (Å²) in [4.78, 5) is 27.6. The summed E-state index contributed by atoms with van der Waals surface area (Å²) in [7, 11) is 1.62. The fraction of sp³-hybridized carbons (Fsp3) is 0.364. The molecule has 0 aliphatic rings. The Hall–Kier alpha value is -2.86. The second kappa shape index (κ2) is 8.44. The van der Waals surface area contributed by atoms with Crippen LogP contribution in [0.3, 0.4) is 0 Å². The molecule has 0 atom stereocenters. The smallest absolute Gasteiger partial charge is 0.235 e. The van der Waals surface area contributed by atoms with Crippen LogP contribution in [0.4, 0.5) is 0 Å². The molecular formula is C22H27N3O3. The highest BCUT2D eigenvalue weighted by molar-refractivity contribution is 5.98. The number of ether oxygens (including phenoxy) is 1. The van der Waals surface area contributed by atoms with Crippen molar-refractivity contribution in [2.75, 3.05) is 32.2 Å². The first kappa shape index (κ1) is 19.9. The van der Waals surface area contributed by atoms with Crippen LogP contribution < -0.4 is 15.6 Å². The van der Waals surface area contributed by atoms with Crippen molar-refractivity contribution < 1.29 is 9.53 Å². The summed E-state index contributed by atoms with van der Waals surface area (Å²) in [5.41, 5.74) is 5.04. The van der Waals surface area contributed by atoms with Gasteiger partial charge in [0.05, 0.1) is 23.5 Å². The number of pyridine rings is 1. The normalized spacial score (nSPS) is 11.3. The molecule has 0 unspecified atom stereocenters. The zero-order valence-electron chi connectivity index (χ0n) is 16.9. The first-order chi connectivity index (χ1) is 13.5. The summed E-state index contributed by atoms with van der Waals surface area (Å²) in [6, 6.07) is 11.0. The van der Waals surface area contributed by atoms with Gasteiger partial charge < -0.3 is 9.64 Å². The van der Waals surface area contributed by atoms with Gasteiger partial charge in [0, 0.05) is 24.4 Å². The number of rotatable bonds is 7. The first-order valence-electron chi connectivity index (χ1n) is 9.65. The molecule has 28 heavy (non-hydrogen) atoms. The highest BCUT2D eigenvalue weighted by Crippen LogP contribution is 2.28. The van der Waals surface area contributed by atoms with Crippen LogP contribution in [-0.4, -0.2) is 42.2 Å². The van der Waals surface area contributed by atoms with Crippen molar-refractivity contribution in [3.8, 4) is 5.75 Å². The number of aromatic nitrogens is 1. The molecule has 0 fully saturated rings. The van der Waals surface area contributed by atoms with Crippen molar-refractivity contribution in [2.45, 2.75) is 27.2 Å². The molecule has 3 rings (SSSR count). The van der Waals surface area contributed by atoms with E-state index >= 15 is 0 Å². The molecule has 2 aromatic carbocycles. The Bertz CT molecular complexity index is 1070. The summed E-state index contributed by atoms with van der Waals surface area (Å²) in [5.74, 6) is 0.497. The van der Waals surface area contributed by atoms with E-state index in [0.29, 0.717) is 34.0 Å². The summed E-state index contributed by atoms with van der Waals surface area (Å²) >= 11 is 0. The summed E-state index contributed by atoms with van der Waals surface area (Å²) in [6.07, 6.45) is 0.690. The van der Waals surface area contributed by atoms with Crippen LogP contribution >= 0.6 is 0 Å². The third kappa shape index (κ3) is 3.60. The molecule has 0 saturated heterocycles. The average Bonchev–Trinajstić information content (AvgIpc) is 2.71. The predicted molar refractivity (Wildman–Crippen MR) is 114 cm³/mol. The summed E-state index contributed by atoms with van der Waals surface area (Å²) in [6.45, 7) is 8.44. The second-order valence-corrected chi connectivity index (χ2v) is 6.77. The Kier molecular flexibility index (Phi) is 5.99. The summed E-state index contributed by atoms with van der Waals surface area (Å²) in [5, 5.41) is 1.17. The third-order valence-electron chi connectivity index (χ3n) is 5.17. The van der Waals surface area contributed by atoms with Crippen LogP contribution in [0.2, 0.25) is 0 Å². The van der Waals surface area contributed by atoms with Crippen LogP contribution in [-0.2, 0) is 11.2 Å². The molecule has 0 aliphatic heterocycles.